The number of amides is 1. The van der Waals surface area contributed by atoms with Crippen molar-refractivity contribution in [2.24, 2.45) is 11.7 Å². The second kappa shape index (κ2) is 7.68. The Bertz CT molecular complexity index is 612. The first-order valence-corrected chi connectivity index (χ1v) is 8.69. The molecule has 7 nitrogen and oxygen atoms in total. The van der Waals surface area contributed by atoms with Crippen LogP contribution in [0.15, 0.2) is 29.2 Å². The SMILES string of the molecule is NCCNS(=O)(=O)c1cccc(NC(=O)C2CCCOC2)c1. The molecule has 0 aliphatic carbocycles. The Labute approximate surface area is 130 Å². The molecule has 0 spiro atoms. The third-order valence-corrected chi connectivity index (χ3v) is 4.84. The lowest BCUT2D eigenvalue weighted by Crippen LogP contribution is -2.30. The molecule has 1 atom stereocenters. The van der Waals surface area contributed by atoms with Gasteiger partial charge < -0.3 is 15.8 Å². The van der Waals surface area contributed by atoms with Gasteiger partial charge in [0, 0.05) is 25.4 Å². The van der Waals surface area contributed by atoms with Crippen LogP contribution in [0, 0.1) is 5.92 Å². The third-order valence-electron chi connectivity index (χ3n) is 3.38. The molecule has 1 amide bonds. The summed E-state index contributed by atoms with van der Waals surface area (Å²) in [7, 11) is -3.61. The summed E-state index contributed by atoms with van der Waals surface area (Å²) >= 11 is 0. The number of sulfonamides is 1. The molecule has 122 valence electrons. The summed E-state index contributed by atoms with van der Waals surface area (Å²) in [6, 6.07) is 6.15. The van der Waals surface area contributed by atoms with Gasteiger partial charge in [0.2, 0.25) is 15.9 Å². The van der Waals surface area contributed by atoms with Crippen molar-refractivity contribution in [3.8, 4) is 0 Å². The Kier molecular flexibility index (Phi) is 5.90. The van der Waals surface area contributed by atoms with E-state index in [9.17, 15) is 13.2 Å². The molecule has 1 aromatic rings. The van der Waals surface area contributed by atoms with Crippen molar-refractivity contribution in [1.29, 1.82) is 0 Å². The van der Waals surface area contributed by atoms with Gasteiger partial charge >= 0.3 is 0 Å². The summed E-state index contributed by atoms with van der Waals surface area (Å²) in [5.74, 6) is -0.339. The predicted octanol–water partition coefficient (Wildman–Crippen LogP) is 0.289. The minimum absolute atomic E-state index is 0.0960. The van der Waals surface area contributed by atoms with Crippen LogP contribution < -0.4 is 15.8 Å². The van der Waals surface area contributed by atoms with E-state index in [4.69, 9.17) is 10.5 Å². The highest BCUT2D eigenvalue weighted by atomic mass is 32.2. The molecule has 2 rings (SSSR count). The van der Waals surface area contributed by atoms with Gasteiger partial charge in [-0.25, -0.2) is 13.1 Å². The zero-order valence-corrected chi connectivity index (χ0v) is 13.1. The molecule has 0 saturated carbocycles. The van der Waals surface area contributed by atoms with E-state index in [0.29, 0.717) is 18.9 Å². The first-order chi connectivity index (χ1) is 10.5. The molecule has 1 unspecified atom stereocenters. The number of benzene rings is 1. The molecule has 1 fully saturated rings. The average molecular weight is 327 g/mol. The summed E-state index contributed by atoms with van der Waals surface area (Å²) in [4.78, 5) is 12.2. The number of nitrogens with one attached hydrogen (secondary N) is 2. The molecule has 0 bridgehead atoms. The lowest BCUT2D eigenvalue weighted by Gasteiger charge is -2.21. The third kappa shape index (κ3) is 4.51. The highest BCUT2D eigenvalue weighted by molar-refractivity contribution is 7.89. The second-order valence-corrected chi connectivity index (χ2v) is 6.88. The van der Waals surface area contributed by atoms with Crippen LogP contribution in [0.1, 0.15) is 12.8 Å². The summed E-state index contributed by atoms with van der Waals surface area (Å²) in [6.45, 7) is 1.47. The van der Waals surface area contributed by atoms with Gasteiger partial charge in [-0.3, -0.25) is 4.79 Å². The van der Waals surface area contributed by atoms with E-state index in [-0.39, 0.29) is 29.8 Å². The van der Waals surface area contributed by atoms with E-state index in [1.54, 1.807) is 12.1 Å². The van der Waals surface area contributed by atoms with E-state index < -0.39 is 10.0 Å². The molecule has 8 heteroatoms. The van der Waals surface area contributed by atoms with E-state index in [1.165, 1.54) is 12.1 Å². The van der Waals surface area contributed by atoms with Crippen molar-refractivity contribution >= 4 is 21.6 Å². The van der Waals surface area contributed by atoms with E-state index in [1.807, 2.05) is 0 Å². The van der Waals surface area contributed by atoms with Crippen molar-refractivity contribution in [2.45, 2.75) is 17.7 Å². The Morgan fingerprint density at radius 1 is 1.41 bits per heavy atom. The van der Waals surface area contributed by atoms with Crippen molar-refractivity contribution in [2.75, 3.05) is 31.6 Å². The van der Waals surface area contributed by atoms with Crippen LogP contribution in [-0.4, -0.2) is 40.6 Å². The fourth-order valence-electron chi connectivity index (χ4n) is 2.21. The number of anilines is 1. The lowest BCUT2D eigenvalue weighted by atomic mass is 10.0. The van der Waals surface area contributed by atoms with Gasteiger partial charge in [0.25, 0.3) is 0 Å². The summed E-state index contributed by atoms with van der Waals surface area (Å²) in [5.41, 5.74) is 5.75. The molecule has 1 aliphatic rings. The molecule has 1 aliphatic heterocycles. The van der Waals surface area contributed by atoms with Crippen molar-refractivity contribution in [1.82, 2.24) is 4.72 Å². The van der Waals surface area contributed by atoms with Crippen LogP contribution in [0.3, 0.4) is 0 Å². The lowest BCUT2D eigenvalue weighted by molar-refractivity contribution is -0.123. The van der Waals surface area contributed by atoms with E-state index in [0.717, 1.165) is 12.8 Å². The number of rotatable bonds is 6. The highest BCUT2D eigenvalue weighted by Gasteiger charge is 2.22. The van der Waals surface area contributed by atoms with Gasteiger partial charge in [0.1, 0.15) is 0 Å². The zero-order valence-electron chi connectivity index (χ0n) is 12.2. The van der Waals surface area contributed by atoms with Gasteiger partial charge in [-0.15, -0.1) is 0 Å². The number of carbonyl (C=O) groups excluding carboxylic acids is 1. The standard InChI is InChI=1S/C14H21N3O4S/c15-6-7-16-22(19,20)13-5-1-4-12(9-13)17-14(18)11-3-2-8-21-10-11/h1,4-5,9,11,16H,2-3,6-8,10,15H2,(H,17,18). The Morgan fingerprint density at radius 2 is 2.23 bits per heavy atom. The number of hydrogen-bond donors (Lipinski definition) is 3. The average Bonchev–Trinajstić information content (AvgIpc) is 2.54. The van der Waals surface area contributed by atoms with Crippen LogP contribution in [0.4, 0.5) is 5.69 Å². The number of carbonyl (C=O) groups is 1. The predicted molar refractivity (Wildman–Crippen MR) is 82.9 cm³/mol. The Morgan fingerprint density at radius 3 is 2.91 bits per heavy atom. The molecular weight excluding hydrogens is 306 g/mol. The second-order valence-electron chi connectivity index (χ2n) is 5.12. The molecule has 22 heavy (non-hydrogen) atoms. The topological polar surface area (TPSA) is 111 Å². The van der Waals surface area contributed by atoms with Crippen LogP contribution in [0.2, 0.25) is 0 Å². The fraction of sp³-hybridized carbons (Fsp3) is 0.500. The number of nitrogens with two attached hydrogens (primary N) is 1. The van der Waals surface area contributed by atoms with Crippen molar-refractivity contribution in [3.05, 3.63) is 24.3 Å². The molecule has 1 saturated heterocycles. The first kappa shape index (κ1) is 16.9. The smallest absolute Gasteiger partial charge is 0.240 e. The number of ether oxygens (including phenoxy) is 1. The highest BCUT2D eigenvalue weighted by Crippen LogP contribution is 2.19. The van der Waals surface area contributed by atoms with Gasteiger partial charge in [-0.2, -0.15) is 0 Å². The van der Waals surface area contributed by atoms with Gasteiger partial charge in [0.15, 0.2) is 0 Å². The Balaban J connectivity index is 2.06. The number of hydrogen-bond acceptors (Lipinski definition) is 5. The van der Waals surface area contributed by atoms with Crippen LogP contribution in [0.5, 0.6) is 0 Å². The quantitative estimate of drug-likeness (QED) is 0.695. The molecule has 1 aromatic carbocycles. The minimum atomic E-state index is -3.61. The molecule has 1 heterocycles. The Hall–Kier alpha value is -1.48. The van der Waals surface area contributed by atoms with E-state index in [2.05, 4.69) is 10.0 Å². The van der Waals surface area contributed by atoms with Crippen LogP contribution in [0.25, 0.3) is 0 Å². The van der Waals surface area contributed by atoms with E-state index >= 15 is 0 Å². The normalized spacial score (nSPS) is 18.9. The van der Waals surface area contributed by atoms with Gasteiger partial charge in [0.05, 0.1) is 17.4 Å². The van der Waals surface area contributed by atoms with Crippen LogP contribution >= 0.6 is 0 Å². The first-order valence-electron chi connectivity index (χ1n) is 7.21. The maximum atomic E-state index is 12.1. The van der Waals surface area contributed by atoms with Gasteiger partial charge in [-0.1, -0.05) is 6.07 Å². The molecule has 0 radical (unpaired) electrons. The summed E-state index contributed by atoms with van der Waals surface area (Å²) < 4.78 is 31.7. The fourth-order valence-corrected chi connectivity index (χ4v) is 3.30. The van der Waals surface area contributed by atoms with Gasteiger partial charge in [-0.05, 0) is 31.0 Å². The summed E-state index contributed by atoms with van der Waals surface area (Å²) in [6.07, 6.45) is 1.64. The van der Waals surface area contributed by atoms with Crippen molar-refractivity contribution < 1.29 is 17.9 Å². The monoisotopic (exact) mass is 327 g/mol. The minimum Gasteiger partial charge on any atom is -0.381 e. The molecule has 4 N–H and O–H groups in total. The maximum absolute atomic E-state index is 12.1. The molecule has 0 aromatic heterocycles. The van der Waals surface area contributed by atoms with Crippen LogP contribution in [-0.2, 0) is 19.6 Å². The largest absolute Gasteiger partial charge is 0.381 e. The molecular formula is C14H21N3O4S. The summed E-state index contributed by atoms with van der Waals surface area (Å²) in [5, 5.41) is 2.74. The zero-order chi connectivity index (χ0) is 16.0. The maximum Gasteiger partial charge on any atom is 0.240 e. The van der Waals surface area contributed by atoms with Crippen molar-refractivity contribution in [3.63, 3.8) is 0 Å².